The third kappa shape index (κ3) is 2.75. The molecule has 0 bridgehead atoms. The Morgan fingerprint density at radius 3 is 2.58 bits per heavy atom. The van der Waals surface area contributed by atoms with Crippen molar-refractivity contribution in [1.82, 2.24) is 0 Å². The SMILES string of the molecule is CCO[13CH2]S(=O)c1ccccc1. The second kappa shape index (κ2) is 5.06. The summed E-state index contributed by atoms with van der Waals surface area (Å²) in [5, 5.41) is 0. The van der Waals surface area contributed by atoms with Crippen molar-refractivity contribution in [1.29, 1.82) is 0 Å². The van der Waals surface area contributed by atoms with Crippen LogP contribution >= 0.6 is 0 Å². The van der Waals surface area contributed by atoms with Gasteiger partial charge in [0.2, 0.25) is 0 Å². The zero-order chi connectivity index (χ0) is 8.81. The van der Waals surface area contributed by atoms with Crippen LogP contribution in [-0.2, 0) is 15.5 Å². The first-order valence-electron chi connectivity index (χ1n) is 3.85. The van der Waals surface area contributed by atoms with Crippen molar-refractivity contribution in [3.63, 3.8) is 0 Å². The molecule has 0 amide bonds. The lowest BCUT2D eigenvalue weighted by atomic mass is 10.4. The van der Waals surface area contributed by atoms with Crippen molar-refractivity contribution in [3.05, 3.63) is 30.3 Å². The van der Waals surface area contributed by atoms with E-state index in [2.05, 4.69) is 0 Å². The van der Waals surface area contributed by atoms with Crippen LogP contribution in [0.3, 0.4) is 0 Å². The van der Waals surface area contributed by atoms with E-state index in [1.807, 2.05) is 37.3 Å². The van der Waals surface area contributed by atoms with Gasteiger partial charge in [-0.05, 0) is 19.1 Å². The summed E-state index contributed by atoms with van der Waals surface area (Å²) in [6.45, 7) is 2.50. The highest BCUT2D eigenvalue weighted by Crippen LogP contribution is 2.05. The Morgan fingerprint density at radius 1 is 1.33 bits per heavy atom. The first-order valence-corrected chi connectivity index (χ1v) is 5.17. The minimum Gasteiger partial charge on any atom is -0.368 e. The molecular weight excluding hydrogens is 173 g/mol. The Bertz CT molecular complexity index is 246. The molecule has 1 atom stereocenters. The molecule has 3 heteroatoms. The van der Waals surface area contributed by atoms with Gasteiger partial charge in [0, 0.05) is 11.5 Å². The van der Waals surface area contributed by atoms with Crippen molar-refractivity contribution in [3.8, 4) is 0 Å². The fourth-order valence-corrected chi connectivity index (χ4v) is 1.71. The van der Waals surface area contributed by atoms with Gasteiger partial charge in [-0.25, -0.2) is 0 Å². The predicted octanol–water partition coefficient (Wildman–Crippen LogP) is 1.79. The van der Waals surface area contributed by atoms with Crippen molar-refractivity contribution < 1.29 is 8.95 Å². The van der Waals surface area contributed by atoms with Crippen LogP contribution in [0.5, 0.6) is 0 Å². The summed E-state index contributed by atoms with van der Waals surface area (Å²) >= 11 is 0. The molecule has 1 aromatic rings. The van der Waals surface area contributed by atoms with E-state index in [1.54, 1.807) is 0 Å². The van der Waals surface area contributed by atoms with E-state index in [0.717, 1.165) is 4.90 Å². The van der Waals surface area contributed by atoms with E-state index in [0.29, 0.717) is 12.5 Å². The van der Waals surface area contributed by atoms with Gasteiger partial charge in [-0.3, -0.25) is 4.21 Å². The molecular formula is C9H12O2S. The summed E-state index contributed by atoms with van der Waals surface area (Å²) in [4.78, 5) is 0.825. The van der Waals surface area contributed by atoms with Gasteiger partial charge >= 0.3 is 0 Å². The maximum absolute atomic E-state index is 11.4. The largest absolute Gasteiger partial charge is 0.368 e. The van der Waals surface area contributed by atoms with Gasteiger partial charge in [0.1, 0.15) is 5.94 Å². The van der Waals surface area contributed by atoms with Gasteiger partial charge < -0.3 is 4.74 Å². The summed E-state index contributed by atoms with van der Waals surface area (Å²) < 4.78 is 16.4. The zero-order valence-corrected chi connectivity index (χ0v) is 7.84. The van der Waals surface area contributed by atoms with E-state index >= 15 is 0 Å². The van der Waals surface area contributed by atoms with Crippen molar-refractivity contribution in [2.45, 2.75) is 11.8 Å². The molecule has 0 saturated carbocycles. The van der Waals surface area contributed by atoms with Gasteiger partial charge in [-0.1, -0.05) is 18.2 Å². The van der Waals surface area contributed by atoms with Crippen LogP contribution in [0.25, 0.3) is 0 Å². The molecule has 1 aromatic carbocycles. The van der Waals surface area contributed by atoms with Gasteiger partial charge in [-0.15, -0.1) is 0 Å². The summed E-state index contributed by atoms with van der Waals surface area (Å²) in [7, 11) is -1.01. The fourth-order valence-electron chi connectivity index (χ4n) is 0.799. The van der Waals surface area contributed by atoms with Crippen LogP contribution in [0.1, 0.15) is 6.92 Å². The lowest BCUT2D eigenvalue weighted by molar-refractivity contribution is 0.196. The molecule has 0 aliphatic carbocycles. The molecule has 0 radical (unpaired) electrons. The Balaban J connectivity index is 2.54. The van der Waals surface area contributed by atoms with Crippen LogP contribution in [0.2, 0.25) is 0 Å². The maximum atomic E-state index is 11.4. The standard InChI is InChI=1S/C9H12O2S/c1-2-11-8-12(10)9-6-4-3-5-7-9/h3-7H,2,8H2,1H3/i8+1. The molecule has 0 saturated heterocycles. The van der Waals surface area contributed by atoms with E-state index in [-0.39, 0.29) is 0 Å². The Hall–Kier alpha value is -0.670. The van der Waals surface area contributed by atoms with E-state index in [9.17, 15) is 4.21 Å². The van der Waals surface area contributed by atoms with Crippen LogP contribution < -0.4 is 0 Å². The molecule has 0 aliphatic heterocycles. The predicted molar refractivity (Wildman–Crippen MR) is 49.3 cm³/mol. The minimum absolute atomic E-state index is 0.292. The molecule has 1 unspecified atom stereocenters. The quantitative estimate of drug-likeness (QED) is 0.668. The first kappa shape index (κ1) is 9.42. The molecule has 12 heavy (non-hydrogen) atoms. The maximum Gasteiger partial charge on any atom is 0.126 e. The van der Waals surface area contributed by atoms with Crippen LogP contribution in [0.4, 0.5) is 0 Å². The fraction of sp³-hybridized carbons (Fsp3) is 0.333. The average Bonchev–Trinajstić information content (AvgIpc) is 2.15. The van der Waals surface area contributed by atoms with Crippen LogP contribution in [0, 0.1) is 0 Å². The number of hydrogen-bond donors (Lipinski definition) is 0. The molecule has 0 fully saturated rings. The molecule has 0 aliphatic rings. The Labute approximate surface area is 75.0 Å². The molecule has 0 aromatic heterocycles. The summed E-state index contributed by atoms with van der Waals surface area (Å²) in [6, 6.07) is 9.34. The highest BCUT2D eigenvalue weighted by Gasteiger charge is 2.00. The van der Waals surface area contributed by atoms with Gasteiger partial charge in [0.15, 0.2) is 0 Å². The highest BCUT2D eigenvalue weighted by atomic mass is 32.2. The lowest BCUT2D eigenvalue weighted by Gasteiger charge is -2.00. The molecule has 0 heterocycles. The van der Waals surface area contributed by atoms with Gasteiger partial charge in [0.25, 0.3) is 0 Å². The van der Waals surface area contributed by atoms with E-state index < -0.39 is 10.8 Å². The lowest BCUT2D eigenvalue weighted by Crippen LogP contribution is -2.01. The van der Waals surface area contributed by atoms with Crippen molar-refractivity contribution >= 4 is 10.8 Å². The second-order valence-electron chi connectivity index (χ2n) is 2.27. The number of rotatable bonds is 4. The molecule has 0 spiro atoms. The van der Waals surface area contributed by atoms with Gasteiger partial charge in [-0.2, -0.15) is 0 Å². The van der Waals surface area contributed by atoms with E-state index in [4.69, 9.17) is 4.74 Å². The monoisotopic (exact) mass is 185 g/mol. The average molecular weight is 185 g/mol. The molecule has 0 N–H and O–H groups in total. The second-order valence-corrected chi connectivity index (χ2v) is 3.67. The number of benzene rings is 1. The first-order chi connectivity index (χ1) is 5.84. The topological polar surface area (TPSA) is 26.3 Å². The smallest absolute Gasteiger partial charge is 0.126 e. The van der Waals surface area contributed by atoms with Crippen molar-refractivity contribution in [2.75, 3.05) is 12.5 Å². The Morgan fingerprint density at radius 2 is 2.00 bits per heavy atom. The van der Waals surface area contributed by atoms with E-state index in [1.165, 1.54) is 0 Å². The summed E-state index contributed by atoms with van der Waals surface area (Å²) in [5.74, 6) is 0.292. The van der Waals surface area contributed by atoms with Crippen LogP contribution in [-0.4, -0.2) is 16.8 Å². The van der Waals surface area contributed by atoms with Crippen molar-refractivity contribution in [2.24, 2.45) is 0 Å². The molecule has 1 rings (SSSR count). The summed E-state index contributed by atoms with van der Waals surface area (Å²) in [5.41, 5.74) is 0. The minimum atomic E-state index is -1.01. The van der Waals surface area contributed by atoms with Crippen LogP contribution in [0.15, 0.2) is 35.2 Å². The number of ether oxygens (including phenoxy) is 1. The third-order valence-electron chi connectivity index (χ3n) is 1.40. The molecule has 66 valence electrons. The third-order valence-corrected chi connectivity index (χ3v) is 2.58. The van der Waals surface area contributed by atoms with Gasteiger partial charge in [0.05, 0.1) is 10.8 Å². The zero-order valence-electron chi connectivity index (χ0n) is 7.03. The highest BCUT2D eigenvalue weighted by molar-refractivity contribution is 7.84. The normalized spacial score (nSPS) is 12.8. The summed E-state index contributed by atoms with van der Waals surface area (Å²) in [6.07, 6.45) is 0. The molecule has 2 nitrogen and oxygen atoms in total. The Kier molecular flexibility index (Phi) is 3.97. The number of hydrogen-bond acceptors (Lipinski definition) is 2.